The van der Waals surface area contributed by atoms with Crippen molar-refractivity contribution in [3.05, 3.63) is 58.1 Å². The molecule has 0 aliphatic carbocycles. The number of hydrogen-bond acceptors (Lipinski definition) is 2. The van der Waals surface area contributed by atoms with Gasteiger partial charge in [-0.05, 0) is 36.8 Å². The number of aryl methyl sites for hydroxylation is 1. The average Bonchev–Trinajstić information content (AvgIpc) is 2.37. The topological polar surface area (TPSA) is 33.2 Å². The molecule has 1 aromatic heterocycles. The van der Waals surface area contributed by atoms with E-state index in [-0.39, 0.29) is 11.5 Å². The molecule has 19 heavy (non-hydrogen) atoms. The second-order valence-corrected chi connectivity index (χ2v) is 5.08. The van der Waals surface area contributed by atoms with Crippen molar-refractivity contribution >= 4 is 27.5 Å². The molecule has 0 saturated carbocycles. The summed E-state index contributed by atoms with van der Waals surface area (Å²) in [6, 6.07) is 8.25. The summed E-state index contributed by atoms with van der Waals surface area (Å²) in [4.78, 5) is 17.2. The molecule has 98 valence electrons. The molecule has 0 fully saturated rings. The normalized spacial score (nSPS) is 10.3. The van der Waals surface area contributed by atoms with Crippen molar-refractivity contribution in [1.82, 2.24) is 4.98 Å². The molecule has 0 bridgehead atoms. The Morgan fingerprint density at radius 3 is 2.68 bits per heavy atom. The molecule has 0 radical (unpaired) electrons. The number of hydrogen-bond donors (Lipinski definition) is 0. The van der Waals surface area contributed by atoms with E-state index in [1.165, 1.54) is 17.2 Å². The summed E-state index contributed by atoms with van der Waals surface area (Å²) < 4.78 is 14.0. The Balaban J connectivity index is 2.33. The van der Waals surface area contributed by atoms with Gasteiger partial charge >= 0.3 is 0 Å². The van der Waals surface area contributed by atoms with E-state index >= 15 is 0 Å². The smallest absolute Gasteiger partial charge is 0.258 e. The van der Waals surface area contributed by atoms with Crippen LogP contribution in [0.4, 0.5) is 10.1 Å². The Morgan fingerprint density at radius 1 is 1.32 bits per heavy atom. The van der Waals surface area contributed by atoms with E-state index in [1.54, 1.807) is 7.05 Å². The van der Waals surface area contributed by atoms with Gasteiger partial charge in [0.15, 0.2) is 0 Å². The highest BCUT2D eigenvalue weighted by atomic mass is 79.9. The number of nitrogens with zero attached hydrogens (tertiary/aromatic N) is 2. The number of amides is 1. The van der Waals surface area contributed by atoms with E-state index < -0.39 is 5.95 Å². The predicted octanol–water partition coefficient (Wildman–Crippen LogP) is 3.57. The van der Waals surface area contributed by atoms with Crippen LogP contribution in [-0.2, 0) is 0 Å². The lowest BCUT2D eigenvalue weighted by molar-refractivity contribution is 0.0992. The van der Waals surface area contributed by atoms with E-state index in [2.05, 4.69) is 20.9 Å². The SMILES string of the molecule is Cc1cc(Br)ccc1N(C)C(=O)c1ccnc(F)c1. The average molecular weight is 323 g/mol. The minimum Gasteiger partial charge on any atom is -0.311 e. The van der Waals surface area contributed by atoms with Crippen molar-refractivity contribution in [1.29, 1.82) is 0 Å². The minimum absolute atomic E-state index is 0.272. The lowest BCUT2D eigenvalue weighted by Gasteiger charge is -2.19. The van der Waals surface area contributed by atoms with Crippen molar-refractivity contribution in [3.63, 3.8) is 0 Å². The van der Waals surface area contributed by atoms with Crippen LogP contribution < -0.4 is 4.90 Å². The summed E-state index contributed by atoms with van der Waals surface area (Å²) in [5, 5.41) is 0. The zero-order valence-electron chi connectivity index (χ0n) is 10.5. The number of pyridine rings is 1. The molecule has 0 atom stereocenters. The third kappa shape index (κ3) is 2.98. The van der Waals surface area contributed by atoms with E-state index in [9.17, 15) is 9.18 Å². The molecule has 2 aromatic rings. The Hall–Kier alpha value is -1.75. The molecule has 3 nitrogen and oxygen atoms in total. The van der Waals surface area contributed by atoms with Crippen molar-refractivity contribution in [2.75, 3.05) is 11.9 Å². The van der Waals surface area contributed by atoms with Gasteiger partial charge in [-0.2, -0.15) is 4.39 Å². The van der Waals surface area contributed by atoms with Crippen LogP contribution in [0.5, 0.6) is 0 Å². The standard InChI is InChI=1S/C14H12BrFN2O/c1-9-7-11(15)3-4-12(9)18(2)14(19)10-5-6-17-13(16)8-10/h3-8H,1-2H3. The second-order valence-electron chi connectivity index (χ2n) is 4.16. The largest absolute Gasteiger partial charge is 0.311 e. The second kappa shape index (κ2) is 5.48. The van der Waals surface area contributed by atoms with Crippen molar-refractivity contribution < 1.29 is 9.18 Å². The number of anilines is 1. The summed E-state index contributed by atoms with van der Waals surface area (Å²) in [6.45, 7) is 1.91. The molecule has 0 spiro atoms. The maximum atomic E-state index is 13.0. The summed E-state index contributed by atoms with van der Waals surface area (Å²) in [6.07, 6.45) is 1.28. The number of carbonyl (C=O) groups is 1. The van der Waals surface area contributed by atoms with Crippen LogP contribution in [0, 0.1) is 12.9 Å². The molecule has 1 aromatic carbocycles. The molecule has 1 amide bonds. The van der Waals surface area contributed by atoms with Gasteiger partial charge in [0.05, 0.1) is 0 Å². The Labute approximate surface area is 119 Å². The predicted molar refractivity (Wildman–Crippen MR) is 75.8 cm³/mol. The first kappa shape index (κ1) is 13.7. The zero-order valence-corrected chi connectivity index (χ0v) is 12.1. The third-order valence-electron chi connectivity index (χ3n) is 2.80. The molecular weight excluding hydrogens is 311 g/mol. The van der Waals surface area contributed by atoms with E-state index in [4.69, 9.17) is 0 Å². The maximum absolute atomic E-state index is 13.0. The molecule has 0 aliphatic heterocycles. The van der Waals surface area contributed by atoms with Gasteiger partial charge in [-0.15, -0.1) is 0 Å². The Bertz CT molecular complexity index is 631. The zero-order chi connectivity index (χ0) is 14.0. The Morgan fingerprint density at radius 2 is 2.05 bits per heavy atom. The van der Waals surface area contributed by atoms with Crippen LogP contribution in [0.3, 0.4) is 0 Å². The summed E-state index contributed by atoms with van der Waals surface area (Å²) in [5.41, 5.74) is 2.02. The van der Waals surface area contributed by atoms with Gasteiger partial charge < -0.3 is 4.90 Å². The van der Waals surface area contributed by atoms with Gasteiger partial charge in [-0.3, -0.25) is 4.79 Å². The first-order chi connectivity index (χ1) is 8.99. The lowest BCUT2D eigenvalue weighted by Crippen LogP contribution is -2.27. The van der Waals surface area contributed by atoms with Gasteiger partial charge in [-0.1, -0.05) is 15.9 Å². The van der Waals surface area contributed by atoms with Gasteiger partial charge in [0.1, 0.15) is 0 Å². The fraction of sp³-hybridized carbons (Fsp3) is 0.143. The van der Waals surface area contributed by atoms with Crippen molar-refractivity contribution in [2.24, 2.45) is 0 Å². The van der Waals surface area contributed by atoms with Crippen LogP contribution in [0.2, 0.25) is 0 Å². The van der Waals surface area contributed by atoms with Crippen LogP contribution >= 0.6 is 15.9 Å². The molecule has 0 N–H and O–H groups in total. The van der Waals surface area contributed by atoms with E-state index in [0.717, 1.165) is 21.8 Å². The Kier molecular flexibility index (Phi) is 3.95. The number of aromatic nitrogens is 1. The fourth-order valence-corrected chi connectivity index (χ4v) is 2.31. The number of rotatable bonds is 2. The highest BCUT2D eigenvalue weighted by Gasteiger charge is 2.15. The maximum Gasteiger partial charge on any atom is 0.258 e. The van der Waals surface area contributed by atoms with Gasteiger partial charge in [0, 0.05) is 35.0 Å². The van der Waals surface area contributed by atoms with E-state index in [1.807, 2.05) is 25.1 Å². The lowest BCUT2D eigenvalue weighted by atomic mass is 10.1. The molecule has 0 saturated heterocycles. The minimum atomic E-state index is -0.660. The number of halogens is 2. The molecule has 5 heteroatoms. The fourth-order valence-electron chi connectivity index (χ4n) is 1.83. The quantitative estimate of drug-likeness (QED) is 0.792. The van der Waals surface area contributed by atoms with Gasteiger partial charge in [0.2, 0.25) is 5.95 Å². The highest BCUT2D eigenvalue weighted by Crippen LogP contribution is 2.24. The van der Waals surface area contributed by atoms with E-state index in [0.29, 0.717) is 0 Å². The summed E-state index contributed by atoms with van der Waals surface area (Å²) in [5.74, 6) is -0.932. The summed E-state index contributed by atoms with van der Waals surface area (Å²) >= 11 is 3.38. The van der Waals surface area contributed by atoms with Crippen LogP contribution in [0.25, 0.3) is 0 Å². The molecule has 0 aliphatic rings. The molecule has 1 heterocycles. The molecular formula is C14H12BrFN2O. The number of carbonyl (C=O) groups excluding carboxylic acids is 1. The highest BCUT2D eigenvalue weighted by molar-refractivity contribution is 9.10. The van der Waals surface area contributed by atoms with Crippen LogP contribution in [0.15, 0.2) is 41.0 Å². The number of benzene rings is 1. The first-order valence-corrected chi connectivity index (χ1v) is 6.44. The van der Waals surface area contributed by atoms with Gasteiger partial charge in [-0.25, -0.2) is 4.98 Å². The first-order valence-electron chi connectivity index (χ1n) is 5.65. The summed E-state index contributed by atoms with van der Waals surface area (Å²) in [7, 11) is 1.66. The van der Waals surface area contributed by atoms with Crippen molar-refractivity contribution in [3.8, 4) is 0 Å². The van der Waals surface area contributed by atoms with Gasteiger partial charge in [0.25, 0.3) is 5.91 Å². The van der Waals surface area contributed by atoms with Crippen LogP contribution in [-0.4, -0.2) is 17.9 Å². The monoisotopic (exact) mass is 322 g/mol. The molecule has 0 unspecified atom stereocenters. The third-order valence-corrected chi connectivity index (χ3v) is 3.29. The van der Waals surface area contributed by atoms with Crippen LogP contribution in [0.1, 0.15) is 15.9 Å². The molecule has 2 rings (SSSR count). The van der Waals surface area contributed by atoms with Crippen molar-refractivity contribution in [2.45, 2.75) is 6.92 Å².